The van der Waals surface area contributed by atoms with Gasteiger partial charge in [0.1, 0.15) is 0 Å². The van der Waals surface area contributed by atoms with Gasteiger partial charge in [0, 0.05) is 18.1 Å². The molecule has 1 atom stereocenters. The number of nitrogens with one attached hydrogen (secondary N) is 1. The van der Waals surface area contributed by atoms with Crippen LogP contribution in [0.4, 0.5) is 0 Å². The SMILES string of the molecule is C[C@@H](Sc1nc2ccc(Cl)cc2[nH]1)C(=O)N1CCCCCC1. The number of likely N-dealkylation sites (tertiary alicyclic amines) is 1. The van der Waals surface area contributed by atoms with Crippen molar-refractivity contribution in [2.24, 2.45) is 0 Å². The van der Waals surface area contributed by atoms with Crippen LogP contribution < -0.4 is 0 Å². The van der Waals surface area contributed by atoms with E-state index in [2.05, 4.69) is 9.97 Å². The second kappa shape index (κ2) is 6.92. The van der Waals surface area contributed by atoms with E-state index in [9.17, 15) is 4.79 Å². The van der Waals surface area contributed by atoms with Crippen LogP contribution in [-0.4, -0.2) is 39.1 Å². The Bertz CT molecular complexity index is 664. The summed E-state index contributed by atoms with van der Waals surface area (Å²) in [5, 5.41) is 1.32. The number of aromatic amines is 1. The highest BCUT2D eigenvalue weighted by atomic mass is 35.5. The lowest BCUT2D eigenvalue weighted by Gasteiger charge is -2.23. The van der Waals surface area contributed by atoms with Gasteiger partial charge in [0.15, 0.2) is 5.16 Å². The van der Waals surface area contributed by atoms with Crippen LogP contribution in [-0.2, 0) is 4.79 Å². The van der Waals surface area contributed by atoms with Crippen molar-refractivity contribution in [2.75, 3.05) is 13.1 Å². The van der Waals surface area contributed by atoms with Crippen LogP contribution in [0.2, 0.25) is 5.02 Å². The fourth-order valence-electron chi connectivity index (χ4n) is 2.78. The highest BCUT2D eigenvalue weighted by Crippen LogP contribution is 2.26. The summed E-state index contributed by atoms with van der Waals surface area (Å²) in [6, 6.07) is 5.57. The first-order valence-corrected chi connectivity index (χ1v) is 9.00. The molecule has 1 aromatic carbocycles. The van der Waals surface area contributed by atoms with Crippen molar-refractivity contribution < 1.29 is 4.79 Å². The lowest BCUT2D eigenvalue weighted by molar-refractivity contribution is -0.130. The third-order valence-electron chi connectivity index (χ3n) is 3.98. The molecule has 1 saturated heterocycles. The summed E-state index contributed by atoms with van der Waals surface area (Å²) in [7, 11) is 0. The number of amides is 1. The van der Waals surface area contributed by atoms with Gasteiger partial charge in [0.2, 0.25) is 5.91 Å². The van der Waals surface area contributed by atoms with Gasteiger partial charge < -0.3 is 9.88 Å². The molecule has 0 spiro atoms. The van der Waals surface area contributed by atoms with Gasteiger partial charge in [-0.1, -0.05) is 36.2 Å². The van der Waals surface area contributed by atoms with Gasteiger partial charge in [0.05, 0.1) is 16.3 Å². The van der Waals surface area contributed by atoms with E-state index in [0.29, 0.717) is 5.02 Å². The van der Waals surface area contributed by atoms with Gasteiger partial charge in [-0.3, -0.25) is 4.79 Å². The summed E-state index contributed by atoms with van der Waals surface area (Å²) in [5.41, 5.74) is 1.78. The number of hydrogen-bond donors (Lipinski definition) is 1. The van der Waals surface area contributed by atoms with E-state index in [0.717, 1.165) is 42.1 Å². The maximum atomic E-state index is 12.6. The number of fused-ring (bicyclic) bond motifs is 1. The van der Waals surface area contributed by atoms with E-state index < -0.39 is 0 Å². The van der Waals surface area contributed by atoms with Gasteiger partial charge in [-0.05, 0) is 38.0 Å². The Morgan fingerprint density at radius 2 is 2.05 bits per heavy atom. The quantitative estimate of drug-likeness (QED) is 0.858. The maximum Gasteiger partial charge on any atom is 0.235 e. The topological polar surface area (TPSA) is 49.0 Å². The number of thioether (sulfide) groups is 1. The van der Waals surface area contributed by atoms with Gasteiger partial charge in [-0.2, -0.15) is 0 Å². The lowest BCUT2D eigenvalue weighted by Crippen LogP contribution is -2.37. The second-order valence-electron chi connectivity index (χ2n) is 5.70. The number of imidazole rings is 1. The van der Waals surface area contributed by atoms with E-state index in [4.69, 9.17) is 11.6 Å². The molecule has 0 radical (unpaired) electrons. The predicted octanol–water partition coefficient (Wildman–Crippen LogP) is 4.10. The minimum Gasteiger partial charge on any atom is -0.342 e. The standard InChI is InChI=1S/C16H20ClN3OS/c1-11(15(21)20-8-4-2-3-5-9-20)22-16-18-13-7-6-12(17)10-14(13)19-16/h6-7,10-11H,2-5,8-9H2,1H3,(H,18,19)/t11-/m1/s1. The summed E-state index contributed by atoms with van der Waals surface area (Å²) in [6.45, 7) is 3.73. The third kappa shape index (κ3) is 3.58. The van der Waals surface area contributed by atoms with E-state index in [1.54, 1.807) is 0 Å². The molecule has 0 bridgehead atoms. The smallest absolute Gasteiger partial charge is 0.235 e. The normalized spacial score (nSPS) is 17.5. The van der Waals surface area contributed by atoms with Gasteiger partial charge in [-0.15, -0.1) is 0 Å². The molecule has 1 amide bonds. The highest BCUT2D eigenvalue weighted by Gasteiger charge is 2.23. The summed E-state index contributed by atoms with van der Waals surface area (Å²) < 4.78 is 0. The Morgan fingerprint density at radius 1 is 1.32 bits per heavy atom. The van der Waals surface area contributed by atoms with Crippen LogP contribution in [0.15, 0.2) is 23.4 Å². The molecule has 6 heteroatoms. The molecule has 22 heavy (non-hydrogen) atoms. The number of rotatable bonds is 3. The average molecular weight is 338 g/mol. The van der Waals surface area contributed by atoms with E-state index in [-0.39, 0.29) is 11.2 Å². The predicted molar refractivity (Wildman–Crippen MR) is 91.5 cm³/mol. The molecule has 1 aliphatic rings. The molecule has 2 aromatic rings. The van der Waals surface area contributed by atoms with Crippen LogP contribution in [0.1, 0.15) is 32.6 Å². The third-order valence-corrected chi connectivity index (χ3v) is 5.18. The van der Waals surface area contributed by atoms with Crippen LogP contribution >= 0.6 is 23.4 Å². The number of carbonyl (C=O) groups is 1. The van der Waals surface area contributed by atoms with E-state index >= 15 is 0 Å². The molecule has 1 N–H and O–H groups in total. The Hall–Kier alpha value is -1.20. The molecular weight excluding hydrogens is 318 g/mol. The van der Waals surface area contributed by atoms with E-state index in [1.165, 1.54) is 24.6 Å². The number of benzene rings is 1. The van der Waals surface area contributed by atoms with Crippen molar-refractivity contribution in [3.8, 4) is 0 Å². The number of H-pyrrole nitrogens is 1. The summed E-state index contributed by atoms with van der Waals surface area (Å²) in [6.07, 6.45) is 4.70. The van der Waals surface area contributed by atoms with Gasteiger partial charge >= 0.3 is 0 Å². The summed E-state index contributed by atoms with van der Waals surface area (Å²) >= 11 is 7.47. The molecule has 1 aliphatic heterocycles. The van der Waals surface area contributed by atoms with Gasteiger partial charge in [0.25, 0.3) is 0 Å². The molecule has 0 saturated carbocycles. The second-order valence-corrected chi connectivity index (χ2v) is 7.47. The van der Waals surface area contributed by atoms with Crippen molar-refractivity contribution in [1.82, 2.24) is 14.9 Å². The van der Waals surface area contributed by atoms with Crippen molar-refractivity contribution in [1.29, 1.82) is 0 Å². The minimum absolute atomic E-state index is 0.130. The molecule has 2 heterocycles. The molecule has 4 nitrogen and oxygen atoms in total. The van der Waals surface area contributed by atoms with Crippen molar-refractivity contribution in [2.45, 2.75) is 43.0 Å². The zero-order valence-electron chi connectivity index (χ0n) is 12.6. The molecule has 1 fully saturated rings. The number of halogens is 1. The Morgan fingerprint density at radius 3 is 2.77 bits per heavy atom. The highest BCUT2D eigenvalue weighted by molar-refractivity contribution is 8.00. The molecule has 118 valence electrons. The molecule has 0 aliphatic carbocycles. The van der Waals surface area contributed by atoms with E-state index in [1.807, 2.05) is 30.0 Å². The van der Waals surface area contributed by atoms with Crippen molar-refractivity contribution in [3.05, 3.63) is 23.2 Å². The first kappa shape index (κ1) is 15.7. The number of carbonyl (C=O) groups excluding carboxylic acids is 1. The van der Waals surface area contributed by atoms with Crippen LogP contribution in [0, 0.1) is 0 Å². The zero-order chi connectivity index (χ0) is 15.5. The van der Waals surface area contributed by atoms with Crippen molar-refractivity contribution in [3.63, 3.8) is 0 Å². The molecule has 1 aromatic heterocycles. The largest absolute Gasteiger partial charge is 0.342 e. The van der Waals surface area contributed by atoms with Gasteiger partial charge in [-0.25, -0.2) is 4.98 Å². The Balaban J connectivity index is 1.68. The number of hydrogen-bond acceptors (Lipinski definition) is 3. The molecule has 0 unspecified atom stereocenters. The minimum atomic E-state index is -0.130. The fourth-order valence-corrected chi connectivity index (χ4v) is 3.86. The van der Waals surface area contributed by atoms with Crippen LogP contribution in [0.25, 0.3) is 11.0 Å². The van der Waals surface area contributed by atoms with Crippen LogP contribution in [0.3, 0.4) is 0 Å². The van der Waals surface area contributed by atoms with Crippen molar-refractivity contribution >= 4 is 40.3 Å². The maximum absolute atomic E-state index is 12.6. The molecular formula is C16H20ClN3OS. The fraction of sp³-hybridized carbons (Fsp3) is 0.500. The molecule has 3 rings (SSSR count). The first-order valence-electron chi connectivity index (χ1n) is 7.74. The monoisotopic (exact) mass is 337 g/mol. The van der Waals surface area contributed by atoms with Crippen LogP contribution in [0.5, 0.6) is 0 Å². The average Bonchev–Trinajstić information content (AvgIpc) is 2.72. The Labute approximate surface area is 139 Å². The zero-order valence-corrected chi connectivity index (χ0v) is 14.2. The number of nitrogens with zero attached hydrogens (tertiary/aromatic N) is 2. The Kier molecular flexibility index (Phi) is 4.93. The first-order chi connectivity index (χ1) is 10.6. The summed E-state index contributed by atoms with van der Waals surface area (Å²) in [4.78, 5) is 22.3. The number of aromatic nitrogens is 2. The summed E-state index contributed by atoms with van der Waals surface area (Å²) in [5.74, 6) is 0.213. The lowest BCUT2D eigenvalue weighted by atomic mass is 10.2.